The number of nitrogens with zero attached hydrogens (tertiary/aromatic N) is 2. The molecule has 110 valence electrons. The Kier molecular flexibility index (Phi) is 4.49. The third kappa shape index (κ3) is 2.72. The summed E-state index contributed by atoms with van der Waals surface area (Å²) in [5, 5.41) is 0. The average molecular weight is 277 g/mol. The van der Waals surface area contributed by atoms with Gasteiger partial charge < -0.3 is 19.8 Å². The van der Waals surface area contributed by atoms with E-state index in [2.05, 4.69) is 18.4 Å². The molecule has 0 radical (unpaired) electrons. The number of imidazole rings is 1. The minimum atomic E-state index is 0.548. The summed E-state index contributed by atoms with van der Waals surface area (Å²) < 4.78 is 12.9. The molecule has 0 atom stereocenters. The zero-order chi connectivity index (χ0) is 14.7. The van der Waals surface area contributed by atoms with Gasteiger partial charge in [0.15, 0.2) is 11.5 Å². The molecule has 2 N–H and O–H groups in total. The van der Waals surface area contributed by atoms with Crippen LogP contribution in [0.1, 0.15) is 19.7 Å². The van der Waals surface area contributed by atoms with Crippen molar-refractivity contribution in [3.63, 3.8) is 0 Å². The van der Waals surface area contributed by atoms with E-state index in [4.69, 9.17) is 20.2 Å². The van der Waals surface area contributed by atoms with Gasteiger partial charge in [-0.1, -0.05) is 13.8 Å². The van der Waals surface area contributed by atoms with Crippen LogP contribution in [0, 0.1) is 5.92 Å². The van der Waals surface area contributed by atoms with E-state index in [-0.39, 0.29) is 0 Å². The van der Waals surface area contributed by atoms with Crippen molar-refractivity contribution in [1.29, 1.82) is 0 Å². The molecule has 0 aliphatic rings. The number of nitrogens with two attached hydrogens (primary N) is 1. The molecule has 5 heteroatoms. The summed E-state index contributed by atoms with van der Waals surface area (Å²) in [7, 11) is 3.28. The van der Waals surface area contributed by atoms with Crippen LogP contribution in [-0.4, -0.2) is 30.3 Å². The Morgan fingerprint density at radius 2 is 1.85 bits per heavy atom. The molecule has 0 spiro atoms. The van der Waals surface area contributed by atoms with Crippen LogP contribution in [0.4, 0.5) is 0 Å². The van der Waals surface area contributed by atoms with Crippen molar-refractivity contribution >= 4 is 11.0 Å². The summed E-state index contributed by atoms with van der Waals surface area (Å²) in [4.78, 5) is 4.73. The van der Waals surface area contributed by atoms with E-state index in [0.29, 0.717) is 24.0 Å². The van der Waals surface area contributed by atoms with Gasteiger partial charge in [-0.15, -0.1) is 0 Å². The summed E-state index contributed by atoms with van der Waals surface area (Å²) in [6, 6.07) is 3.89. The lowest BCUT2D eigenvalue weighted by Gasteiger charge is -2.11. The zero-order valence-electron chi connectivity index (χ0n) is 12.6. The van der Waals surface area contributed by atoms with Crippen molar-refractivity contribution in [2.75, 3.05) is 20.8 Å². The highest BCUT2D eigenvalue weighted by atomic mass is 16.5. The first kappa shape index (κ1) is 14.7. The summed E-state index contributed by atoms with van der Waals surface area (Å²) in [6.07, 6.45) is 0.930. The van der Waals surface area contributed by atoms with Gasteiger partial charge in [-0.25, -0.2) is 4.98 Å². The number of rotatable bonds is 6. The van der Waals surface area contributed by atoms with E-state index in [1.807, 2.05) is 12.1 Å². The highest BCUT2D eigenvalue weighted by Crippen LogP contribution is 2.32. The molecule has 1 heterocycles. The van der Waals surface area contributed by atoms with Crippen molar-refractivity contribution < 1.29 is 9.47 Å². The van der Waals surface area contributed by atoms with Gasteiger partial charge in [-0.05, 0) is 5.92 Å². The lowest BCUT2D eigenvalue weighted by molar-refractivity contribution is 0.355. The second-order valence-corrected chi connectivity index (χ2v) is 5.26. The van der Waals surface area contributed by atoms with Crippen molar-refractivity contribution in [2.45, 2.75) is 26.8 Å². The molecule has 0 fully saturated rings. The largest absolute Gasteiger partial charge is 0.493 e. The molecule has 0 saturated carbocycles. The molecule has 0 bridgehead atoms. The summed E-state index contributed by atoms with van der Waals surface area (Å²) >= 11 is 0. The van der Waals surface area contributed by atoms with Crippen LogP contribution in [0.5, 0.6) is 11.5 Å². The highest BCUT2D eigenvalue weighted by Gasteiger charge is 2.15. The minimum absolute atomic E-state index is 0.548. The Hall–Kier alpha value is -1.75. The van der Waals surface area contributed by atoms with E-state index in [9.17, 15) is 0 Å². The van der Waals surface area contributed by atoms with Gasteiger partial charge >= 0.3 is 0 Å². The molecule has 0 amide bonds. The quantitative estimate of drug-likeness (QED) is 0.879. The van der Waals surface area contributed by atoms with Crippen molar-refractivity contribution in [3.8, 4) is 11.5 Å². The fourth-order valence-corrected chi connectivity index (χ4v) is 2.40. The normalized spacial score (nSPS) is 11.3. The number of hydrogen-bond donors (Lipinski definition) is 1. The number of hydrogen-bond acceptors (Lipinski definition) is 4. The molecule has 1 aromatic carbocycles. The maximum atomic E-state index is 5.73. The Morgan fingerprint density at radius 3 is 2.40 bits per heavy atom. The van der Waals surface area contributed by atoms with Gasteiger partial charge in [0.2, 0.25) is 0 Å². The SMILES string of the molecule is COc1cc2nc(CC(C)C)n(CCN)c2cc1OC. The zero-order valence-corrected chi connectivity index (χ0v) is 12.6. The number of benzene rings is 1. The van der Waals surface area contributed by atoms with E-state index in [1.165, 1.54) is 0 Å². The molecule has 0 unspecified atom stereocenters. The molecule has 2 rings (SSSR count). The van der Waals surface area contributed by atoms with E-state index in [0.717, 1.165) is 29.8 Å². The fourth-order valence-electron chi connectivity index (χ4n) is 2.40. The maximum Gasteiger partial charge on any atom is 0.163 e. The minimum Gasteiger partial charge on any atom is -0.493 e. The molecule has 1 aromatic heterocycles. The Morgan fingerprint density at radius 1 is 1.20 bits per heavy atom. The maximum absolute atomic E-state index is 5.73. The van der Waals surface area contributed by atoms with Crippen molar-refractivity contribution in [3.05, 3.63) is 18.0 Å². The highest BCUT2D eigenvalue weighted by molar-refractivity contribution is 5.80. The Labute approximate surface area is 119 Å². The lowest BCUT2D eigenvalue weighted by Crippen LogP contribution is -2.13. The second kappa shape index (κ2) is 6.13. The first-order chi connectivity index (χ1) is 9.60. The number of methoxy groups -OCH3 is 2. The summed E-state index contributed by atoms with van der Waals surface area (Å²) in [5.41, 5.74) is 7.70. The van der Waals surface area contributed by atoms with Gasteiger partial charge in [-0.3, -0.25) is 0 Å². The number of ether oxygens (including phenoxy) is 2. The lowest BCUT2D eigenvalue weighted by atomic mass is 10.1. The molecule has 2 aromatic rings. The van der Waals surface area contributed by atoms with Crippen LogP contribution in [0.3, 0.4) is 0 Å². The van der Waals surface area contributed by atoms with E-state index in [1.54, 1.807) is 14.2 Å². The van der Waals surface area contributed by atoms with Crippen LogP contribution < -0.4 is 15.2 Å². The molecule has 0 aliphatic carbocycles. The fraction of sp³-hybridized carbons (Fsp3) is 0.533. The number of aromatic nitrogens is 2. The Bertz CT molecular complexity index is 590. The van der Waals surface area contributed by atoms with Gasteiger partial charge in [-0.2, -0.15) is 0 Å². The van der Waals surface area contributed by atoms with Gasteiger partial charge in [0, 0.05) is 31.6 Å². The van der Waals surface area contributed by atoms with Gasteiger partial charge in [0.1, 0.15) is 5.82 Å². The molecule has 5 nitrogen and oxygen atoms in total. The van der Waals surface area contributed by atoms with Crippen LogP contribution in [0.15, 0.2) is 12.1 Å². The summed E-state index contributed by atoms with van der Waals surface area (Å²) in [5.74, 6) is 3.03. The second-order valence-electron chi connectivity index (χ2n) is 5.26. The van der Waals surface area contributed by atoms with Crippen LogP contribution in [0.2, 0.25) is 0 Å². The van der Waals surface area contributed by atoms with Gasteiger partial charge in [0.25, 0.3) is 0 Å². The molecule has 20 heavy (non-hydrogen) atoms. The van der Waals surface area contributed by atoms with Crippen LogP contribution in [-0.2, 0) is 13.0 Å². The molecular weight excluding hydrogens is 254 g/mol. The van der Waals surface area contributed by atoms with E-state index < -0.39 is 0 Å². The third-order valence-corrected chi connectivity index (χ3v) is 3.28. The van der Waals surface area contributed by atoms with E-state index >= 15 is 0 Å². The number of fused-ring (bicyclic) bond motifs is 1. The van der Waals surface area contributed by atoms with Gasteiger partial charge in [0.05, 0.1) is 25.3 Å². The predicted molar refractivity (Wildman–Crippen MR) is 80.4 cm³/mol. The van der Waals surface area contributed by atoms with Crippen LogP contribution >= 0.6 is 0 Å². The smallest absolute Gasteiger partial charge is 0.163 e. The third-order valence-electron chi connectivity index (χ3n) is 3.28. The monoisotopic (exact) mass is 277 g/mol. The first-order valence-electron chi connectivity index (χ1n) is 6.91. The molecule has 0 saturated heterocycles. The predicted octanol–water partition coefficient (Wildman–Crippen LogP) is 2.21. The molecular formula is C15H23N3O2. The molecule has 0 aliphatic heterocycles. The standard InChI is InChI=1S/C15H23N3O2/c1-10(2)7-15-17-11-8-13(19-3)14(20-4)9-12(11)18(15)6-5-16/h8-10H,5-7,16H2,1-4H3. The Balaban J connectivity index is 2.60. The van der Waals surface area contributed by atoms with Crippen molar-refractivity contribution in [1.82, 2.24) is 9.55 Å². The average Bonchev–Trinajstić information content (AvgIpc) is 2.74. The first-order valence-corrected chi connectivity index (χ1v) is 6.91. The summed E-state index contributed by atoms with van der Waals surface area (Å²) in [6.45, 7) is 5.72. The van der Waals surface area contributed by atoms with Crippen molar-refractivity contribution in [2.24, 2.45) is 11.7 Å². The topological polar surface area (TPSA) is 62.3 Å². The van der Waals surface area contributed by atoms with Crippen LogP contribution in [0.25, 0.3) is 11.0 Å².